The minimum atomic E-state index is -0.0695. The molecule has 17 heavy (non-hydrogen) atoms. The predicted molar refractivity (Wildman–Crippen MR) is 69.4 cm³/mol. The van der Waals surface area contributed by atoms with Gasteiger partial charge in [0.25, 0.3) is 0 Å². The number of hydrogen-bond donors (Lipinski definition) is 1. The maximum absolute atomic E-state index is 9.18. The van der Waals surface area contributed by atoms with E-state index in [9.17, 15) is 5.11 Å². The molecule has 0 aromatic carbocycles. The second-order valence-corrected chi connectivity index (χ2v) is 4.24. The lowest BCUT2D eigenvalue weighted by Crippen LogP contribution is -2.59. The summed E-state index contributed by atoms with van der Waals surface area (Å²) >= 11 is 0. The van der Waals surface area contributed by atoms with Gasteiger partial charge in [-0.25, -0.2) is 0 Å². The highest BCUT2D eigenvalue weighted by Gasteiger charge is 2.35. The van der Waals surface area contributed by atoms with Crippen LogP contribution in [0.2, 0.25) is 0 Å². The largest absolute Gasteiger partial charge is 0.391 e. The van der Waals surface area contributed by atoms with Gasteiger partial charge in [0, 0.05) is 13.8 Å². The van der Waals surface area contributed by atoms with Gasteiger partial charge in [-0.15, -0.1) is 13.2 Å². The first-order valence-corrected chi connectivity index (χ1v) is 5.93. The van der Waals surface area contributed by atoms with E-state index in [1.807, 2.05) is 20.9 Å². The second kappa shape index (κ2) is 8.42. The summed E-state index contributed by atoms with van der Waals surface area (Å²) < 4.78 is 11.8. The Labute approximate surface area is 105 Å². The number of aliphatic hydroxyl groups is 1. The van der Waals surface area contributed by atoms with E-state index in [1.54, 1.807) is 12.2 Å². The summed E-state index contributed by atoms with van der Waals surface area (Å²) in [6, 6.07) is 0. The SMILES string of the molecule is C=CCOC(C)[N+](C)(CCO)C(C)OCC=C. The molecule has 0 bridgehead atoms. The fourth-order valence-corrected chi connectivity index (χ4v) is 1.63. The van der Waals surface area contributed by atoms with E-state index in [4.69, 9.17) is 9.47 Å². The van der Waals surface area contributed by atoms with Gasteiger partial charge in [0.1, 0.15) is 6.54 Å². The average Bonchev–Trinajstić information content (AvgIpc) is 2.32. The topological polar surface area (TPSA) is 38.7 Å². The first-order chi connectivity index (χ1) is 8.02. The van der Waals surface area contributed by atoms with Crippen LogP contribution in [0.1, 0.15) is 13.8 Å². The van der Waals surface area contributed by atoms with E-state index in [2.05, 4.69) is 13.2 Å². The Kier molecular flexibility index (Phi) is 8.08. The number of quaternary nitrogens is 1. The molecule has 0 radical (unpaired) electrons. The number of rotatable bonds is 10. The zero-order valence-corrected chi connectivity index (χ0v) is 11.3. The zero-order valence-electron chi connectivity index (χ0n) is 11.3. The van der Waals surface area contributed by atoms with Crippen LogP contribution >= 0.6 is 0 Å². The molecule has 100 valence electrons. The van der Waals surface area contributed by atoms with Crippen molar-refractivity contribution in [2.45, 2.75) is 26.3 Å². The molecule has 1 N–H and O–H groups in total. The minimum absolute atomic E-state index is 0.0695. The summed E-state index contributed by atoms with van der Waals surface area (Å²) in [5.74, 6) is 0. The van der Waals surface area contributed by atoms with Crippen LogP contribution in [-0.2, 0) is 9.47 Å². The molecule has 0 spiro atoms. The minimum Gasteiger partial charge on any atom is -0.391 e. The molecule has 2 atom stereocenters. The van der Waals surface area contributed by atoms with Gasteiger partial charge in [-0.2, -0.15) is 0 Å². The maximum atomic E-state index is 9.18. The summed E-state index contributed by atoms with van der Waals surface area (Å²) in [6.07, 6.45) is 3.30. The molecule has 0 aromatic rings. The Hall–Kier alpha value is -0.680. The van der Waals surface area contributed by atoms with Crippen molar-refractivity contribution >= 4 is 0 Å². The average molecular weight is 244 g/mol. The molecule has 0 aliphatic carbocycles. The second-order valence-electron chi connectivity index (χ2n) is 4.24. The van der Waals surface area contributed by atoms with Gasteiger partial charge in [0.2, 0.25) is 0 Å². The molecule has 0 fully saturated rings. The van der Waals surface area contributed by atoms with Crippen LogP contribution in [0.15, 0.2) is 25.3 Å². The summed E-state index contributed by atoms with van der Waals surface area (Å²) in [7, 11) is 2.01. The smallest absolute Gasteiger partial charge is 0.192 e. The van der Waals surface area contributed by atoms with Crippen molar-refractivity contribution in [1.29, 1.82) is 0 Å². The molecule has 0 saturated carbocycles. The van der Waals surface area contributed by atoms with Crippen LogP contribution < -0.4 is 0 Å². The number of ether oxygens (including phenoxy) is 2. The van der Waals surface area contributed by atoms with Gasteiger partial charge in [-0.05, 0) is 0 Å². The quantitative estimate of drug-likeness (QED) is 0.360. The van der Waals surface area contributed by atoms with Crippen molar-refractivity contribution in [1.82, 2.24) is 0 Å². The lowest BCUT2D eigenvalue weighted by molar-refractivity contribution is -0.991. The normalized spacial score (nSPS) is 18.1. The van der Waals surface area contributed by atoms with Gasteiger partial charge in [0.15, 0.2) is 12.5 Å². The molecule has 4 heteroatoms. The monoisotopic (exact) mass is 244 g/mol. The van der Waals surface area contributed by atoms with Crippen LogP contribution in [0.5, 0.6) is 0 Å². The van der Waals surface area contributed by atoms with Gasteiger partial charge < -0.3 is 14.6 Å². The Morgan fingerprint density at radius 3 is 1.82 bits per heavy atom. The Bertz CT molecular complexity index is 213. The molecular formula is C13H26NO3+. The molecule has 0 aliphatic heterocycles. The number of aliphatic hydroxyl groups excluding tert-OH is 1. The Balaban J connectivity index is 4.60. The van der Waals surface area contributed by atoms with Crippen molar-refractivity contribution < 1.29 is 19.1 Å². The highest BCUT2D eigenvalue weighted by Crippen LogP contribution is 2.18. The highest BCUT2D eigenvalue weighted by molar-refractivity contribution is 4.65. The first-order valence-electron chi connectivity index (χ1n) is 5.93. The van der Waals surface area contributed by atoms with E-state index < -0.39 is 0 Å². The third kappa shape index (κ3) is 5.00. The molecule has 4 nitrogen and oxygen atoms in total. The molecule has 0 rings (SSSR count). The lowest BCUT2D eigenvalue weighted by Gasteiger charge is -2.42. The third-order valence-electron chi connectivity index (χ3n) is 3.15. The standard InChI is InChI=1S/C13H26NO3/c1-6-10-16-12(3)14(5,8-9-15)13(4)17-11-7-2/h6-7,12-13,15H,1-2,8-11H2,3-5H3/q+1. The van der Waals surface area contributed by atoms with Crippen molar-refractivity contribution in [3.05, 3.63) is 25.3 Å². The van der Waals surface area contributed by atoms with Crippen LogP contribution in [0.4, 0.5) is 0 Å². The van der Waals surface area contributed by atoms with Gasteiger partial charge in [0.05, 0.1) is 26.9 Å². The lowest BCUT2D eigenvalue weighted by atomic mass is 10.3. The third-order valence-corrected chi connectivity index (χ3v) is 3.15. The number of nitrogens with zero attached hydrogens (tertiary/aromatic N) is 1. The molecule has 2 unspecified atom stereocenters. The predicted octanol–water partition coefficient (Wildman–Crippen LogP) is 1.52. The van der Waals surface area contributed by atoms with Crippen molar-refractivity contribution in [3.8, 4) is 0 Å². The summed E-state index contributed by atoms with van der Waals surface area (Å²) in [5.41, 5.74) is 0. The van der Waals surface area contributed by atoms with Crippen molar-refractivity contribution in [2.75, 3.05) is 33.4 Å². The van der Waals surface area contributed by atoms with Gasteiger partial charge in [-0.3, -0.25) is 4.48 Å². The molecule has 0 saturated heterocycles. The fraction of sp³-hybridized carbons (Fsp3) is 0.692. The molecule has 0 amide bonds. The highest BCUT2D eigenvalue weighted by atomic mass is 16.5. The van der Waals surface area contributed by atoms with Gasteiger partial charge in [-0.1, -0.05) is 12.2 Å². The molecule has 0 heterocycles. The zero-order chi connectivity index (χ0) is 13.3. The van der Waals surface area contributed by atoms with Crippen molar-refractivity contribution in [3.63, 3.8) is 0 Å². The molecular weight excluding hydrogens is 218 g/mol. The van der Waals surface area contributed by atoms with Crippen LogP contribution in [0.25, 0.3) is 0 Å². The van der Waals surface area contributed by atoms with Crippen LogP contribution in [0.3, 0.4) is 0 Å². The van der Waals surface area contributed by atoms with E-state index >= 15 is 0 Å². The van der Waals surface area contributed by atoms with Crippen LogP contribution in [-0.4, -0.2) is 55.5 Å². The molecule has 0 aromatic heterocycles. The first kappa shape index (κ1) is 16.3. The Morgan fingerprint density at radius 2 is 1.53 bits per heavy atom. The number of hydrogen-bond acceptors (Lipinski definition) is 3. The fourth-order valence-electron chi connectivity index (χ4n) is 1.63. The van der Waals surface area contributed by atoms with E-state index in [0.29, 0.717) is 24.2 Å². The van der Waals surface area contributed by atoms with E-state index in [-0.39, 0.29) is 19.1 Å². The van der Waals surface area contributed by atoms with Gasteiger partial charge >= 0.3 is 0 Å². The van der Waals surface area contributed by atoms with Crippen LogP contribution in [0, 0.1) is 0 Å². The summed E-state index contributed by atoms with van der Waals surface area (Å²) in [6.45, 7) is 12.9. The van der Waals surface area contributed by atoms with Crippen molar-refractivity contribution in [2.24, 2.45) is 0 Å². The van der Waals surface area contributed by atoms with E-state index in [1.165, 1.54) is 0 Å². The summed E-state index contributed by atoms with van der Waals surface area (Å²) in [5, 5.41) is 9.18. The molecule has 0 aliphatic rings. The van der Waals surface area contributed by atoms with E-state index in [0.717, 1.165) is 0 Å². The number of likely N-dealkylation sites (N-methyl/N-ethyl adjacent to an activating group) is 1. The summed E-state index contributed by atoms with van der Waals surface area (Å²) in [4.78, 5) is 0. The Morgan fingerprint density at radius 1 is 1.12 bits per heavy atom. The maximum Gasteiger partial charge on any atom is 0.192 e.